The summed E-state index contributed by atoms with van der Waals surface area (Å²) >= 11 is 0. The van der Waals surface area contributed by atoms with Crippen molar-refractivity contribution in [3.63, 3.8) is 0 Å². The summed E-state index contributed by atoms with van der Waals surface area (Å²) in [6.45, 7) is 1.00. The molecule has 1 saturated heterocycles. The molecule has 3 heteroatoms. The lowest BCUT2D eigenvalue weighted by Crippen LogP contribution is -2.25. The van der Waals surface area contributed by atoms with Crippen molar-refractivity contribution in [3.8, 4) is 0 Å². The van der Waals surface area contributed by atoms with E-state index in [0.717, 1.165) is 19.4 Å². The lowest BCUT2D eigenvalue weighted by Gasteiger charge is -2.07. The summed E-state index contributed by atoms with van der Waals surface area (Å²) in [5, 5.41) is 11.9. The smallest absolute Gasteiger partial charge is 0.308 e. The van der Waals surface area contributed by atoms with Gasteiger partial charge in [-0.25, -0.2) is 0 Å². The molecule has 0 amide bonds. The second-order valence-corrected chi connectivity index (χ2v) is 3.15. The Morgan fingerprint density at radius 1 is 1.60 bits per heavy atom. The van der Waals surface area contributed by atoms with Crippen LogP contribution in [0.3, 0.4) is 0 Å². The fraction of sp³-hybridized carbons (Fsp3) is 0.857. The third-order valence-corrected chi connectivity index (χ3v) is 2.55. The maximum absolute atomic E-state index is 10.5. The summed E-state index contributed by atoms with van der Waals surface area (Å²) in [5.41, 5.74) is 0. The molecule has 0 aromatic heterocycles. The fourth-order valence-corrected chi connectivity index (χ4v) is 1.95. The van der Waals surface area contributed by atoms with Crippen LogP contribution in [0.4, 0.5) is 0 Å². The van der Waals surface area contributed by atoms with Crippen LogP contribution in [0.2, 0.25) is 0 Å². The van der Waals surface area contributed by atoms with E-state index in [1.54, 1.807) is 0 Å². The minimum Gasteiger partial charge on any atom is -0.481 e. The summed E-state index contributed by atoms with van der Waals surface area (Å²) in [6, 6.07) is 0.311. The zero-order valence-corrected chi connectivity index (χ0v) is 5.71. The maximum atomic E-state index is 10.5. The summed E-state index contributed by atoms with van der Waals surface area (Å²) in [6.07, 6.45) is 2.25. The van der Waals surface area contributed by atoms with E-state index in [0.29, 0.717) is 12.0 Å². The molecular formula is C7H11NO2. The molecule has 2 rings (SSSR count). The number of hydrogen-bond acceptors (Lipinski definition) is 2. The highest BCUT2D eigenvalue weighted by atomic mass is 16.4. The van der Waals surface area contributed by atoms with Crippen molar-refractivity contribution in [1.29, 1.82) is 0 Å². The van der Waals surface area contributed by atoms with Crippen LogP contribution >= 0.6 is 0 Å². The number of nitrogens with one attached hydrogen (secondary N) is 1. The number of hydrogen-bond donors (Lipinski definition) is 2. The number of carbonyl (C=O) groups is 1. The van der Waals surface area contributed by atoms with Crippen LogP contribution in [0, 0.1) is 11.8 Å². The molecule has 1 saturated carbocycles. The molecule has 0 unspecified atom stereocenters. The van der Waals surface area contributed by atoms with Crippen LogP contribution in [-0.4, -0.2) is 23.7 Å². The van der Waals surface area contributed by atoms with Crippen molar-refractivity contribution in [3.05, 3.63) is 0 Å². The molecule has 0 aromatic carbocycles. The van der Waals surface area contributed by atoms with E-state index >= 15 is 0 Å². The Morgan fingerprint density at radius 3 is 2.90 bits per heavy atom. The summed E-state index contributed by atoms with van der Waals surface area (Å²) in [4.78, 5) is 10.5. The Hall–Kier alpha value is -0.570. The molecule has 0 spiro atoms. The first-order valence-corrected chi connectivity index (χ1v) is 3.77. The zero-order valence-electron chi connectivity index (χ0n) is 5.71. The fourth-order valence-electron chi connectivity index (χ4n) is 1.95. The van der Waals surface area contributed by atoms with Gasteiger partial charge in [0.2, 0.25) is 0 Å². The molecule has 1 aliphatic heterocycles. The van der Waals surface area contributed by atoms with E-state index in [-0.39, 0.29) is 5.92 Å². The van der Waals surface area contributed by atoms with E-state index in [1.807, 2.05) is 0 Å². The van der Waals surface area contributed by atoms with E-state index in [4.69, 9.17) is 5.11 Å². The van der Waals surface area contributed by atoms with E-state index in [2.05, 4.69) is 5.32 Å². The highest BCUT2D eigenvalue weighted by Crippen LogP contribution is 2.44. The Bertz CT molecular complexity index is 157. The second-order valence-electron chi connectivity index (χ2n) is 3.15. The lowest BCUT2D eigenvalue weighted by molar-refractivity contribution is -0.139. The third-order valence-electron chi connectivity index (χ3n) is 2.55. The number of fused-ring (bicyclic) bond motifs is 1. The second kappa shape index (κ2) is 1.95. The molecule has 2 aliphatic rings. The summed E-state index contributed by atoms with van der Waals surface area (Å²) in [7, 11) is 0. The molecule has 0 bridgehead atoms. The van der Waals surface area contributed by atoms with Crippen LogP contribution in [0.5, 0.6) is 0 Å². The highest BCUT2D eigenvalue weighted by molar-refractivity contribution is 5.75. The van der Waals surface area contributed by atoms with Crippen molar-refractivity contribution in [2.24, 2.45) is 11.8 Å². The molecule has 0 radical (unpaired) electrons. The number of rotatable bonds is 1. The molecule has 2 fully saturated rings. The number of piperidine rings is 1. The molecule has 0 aromatic rings. The quantitative estimate of drug-likeness (QED) is 0.543. The van der Waals surface area contributed by atoms with Crippen LogP contribution in [0.15, 0.2) is 0 Å². The van der Waals surface area contributed by atoms with E-state index < -0.39 is 5.97 Å². The Labute approximate surface area is 59.4 Å². The van der Waals surface area contributed by atoms with Crippen LogP contribution in [0.1, 0.15) is 12.8 Å². The molecule has 10 heavy (non-hydrogen) atoms. The predicted octanol–water partition coefficient (Wildman–Crippen LogP) is 0.0690. The molecule has 56 valence electrons. The predicted molar refractivity (Wildman–Crippen MR) is 35.6 cm³/mol. The van der Waals surface area contributed by atoms with Crippen molar-refractivity contribution >= 4 is 5.97 Å². The zero-order chi connectivity index (χ0) is 7.14. The van der Waals surface area contributed by atoms with Gasteiger partial charge in [-0.3, -0.25) is 4.79 Å². The maximum Gasteiger partial charge on any atom is 0.308 e. The van der Waals surface area contributed by atoms with Gasteiger partial charge in [0, 0.05) is 6.04 Å². The van der Waals surface area contributed by atoms with Crippen LogP contribution in [-0.2, 0) is 4.79 Å². The normalized spacial score (nSPS) is 44.2. The van der Waals surface area contributed by atoms with Gasteiger partial charge in [0.1, 0.15) is 0 Å². The van der Waals surface area contributed by atoms with Gasteiger partial charge in [0.25, 0.3) is 0 Å². The first-order chi connectivity index (χ1) is 4.80. The van der Waals surface area contributed by atoms with Gasteiger partial charge >= 0.3 is 5.97 Å². The van der Waals surface area contributed by atoms with Gasteiger partial charge in [0.05, 0.1) is 5.92 Å². The lowest BCUT2D eigenvalue weighted by atomic mass is 10.1. The molecule has 1 aliphatic carbocycles. The van der Waals surface area contributed by atoms with Crippen molar-refractivity contribution in [1.82, 2.24) is 5.32 Å². The number of carboxylic acids is 1. The average Bonchev–Trinajstić information content (AvgIpc) is 2.60. The standard InChI is InChI=1S/C7H11NO2/c9-7(10)5-4-2-1-3-8-6(4)5/h4-6,8H,1-3H2,(H,9,10)/t4-,5-,6-/m1/s1. The minimum absolute atomic E-state index is 0.0671. The molecular weight excluding hydrogens is 130 g/mol. The van der Waals surface area contributed by atoms with Crippen LogP contribution in [0.25, 0.3) is 0 Å². The Kier molecular flexibility index (Phi) is 1.20. The monoisotopic (exact) mass is 141 g/mol. The van der Waals surface area contributed by atoms with Gasteiger partial charge in [-0.2, -0.15) is 0 Å². The SMILES string of the molecule is O=C(O)[C@@H]1[C@H]2CCCN[C@H]21. The molecule has 3 atom stereocenters. The van der Waals surface area contributed by atoms with Crippen molar-refractivity contribution < 1.29 is 9.90 Å². The van der Waals surface area contributed by atoms with E-state index in [9.17, 15) is 4.79 Å². The first-order valence-electron chi connectivity index (χ1n) is 3.77. The Morgan fingerprint density at radius 2 is 2.40 bits per heavy atom. The summed E-state index contributed by atoms with van der Waals surface area (Å²) < 4.78 is 0. The van der Waals surface area contributed by atoms with Gasteiger partial charge in [0.15, 0.2) is 0 Å². The molecule has 2 N–H and O–H groups in total. The van der Waals surface area contributed by atoms with Gasteiger partial charge in [-0.15, -0.1) is 0 Å². The summed E-state index contributed by atoms with van der Waals surface area (Å²) in [5.74, 6) is -0.238. The molecule has 3 nitrogen and oxygen atoms in total. The number of carboxylic acid groups (broad SMARTS) is 1. The topological polar surface area (TPSA) is 49.3 Å². The number of aliphatic carboxylic acids is 1. The van der Waals surface area contributed by atoms with E-state index in [1.165, 1.54) is 0 Å². The Balaban J connectivity index is 1.99. The van der Waals surface area contributed by atoms with Gasteiger partial charge in [-0.05, 0) is 25.3 Å². The van der Waals surface area contributed by atoms with Gasteiger partial charge in [-0.1, -0.05) is 0 Å². The first kappa shape index (κ1) is 6.16. The van der Waals surface area contributed by atoms with Crippen molar-refractivity contribution in [2.75, 3.05) is 6.54 Å². The van der Waals surface area contributed by atoms with Crippen molar-refractivity contribution in [2.45, 2.75) is 18.9 Å². The van der Waals surface area contributed by atoms with Gasteiger partial charge < -0.3 is 10.4 Å². The van der Waals surface area contributed by atoms with Crippen LogP contribution < -0.4 is 5.32 Å². The largest absolute Gasteiger partial charge is 0.481 e. The highest BCUT2D eigenvalue weighted by Gasteiger charge is 2.55. The molecule has 1 heterocycles. The third kappa shape index (κ3) is 0.736. The average molecular weight is 141 g/mol. The minimum atomic E-state index is -0.621.